The molecule has 0 aromatic carbocycles. The quantitative estimate of drug-likeness (QED) is 0.732. The largest absolute Gasteiger partial charge is 0.481 e. The molecule has 1 fully saturated rings. The summed E-state index contributed by atoms with van der Waals surface area (Å²) in [6, 6.07) is -0.250. The molecule has 1 aliphatic rings. The van der Waals surface area contributed by atoms with Gasteiger partial charge in [-0.1, -0.05) is 6.42 Å². The lowest BCUT2D eigenvalue weighted by molar-refractivity contribution is -0.153. The Labute approximate surface area is 114 Å². The number of hydrogen-bond acceptors (Lipinski definition) is 3. The van der Waals surface area contributed by atoms with Crippen LogP contribution in [0, 0.1) is 5.41 Å². The van der Waals surface area contributed by atoms with Crippen molar-refractivity contribution in [1.29, 1.82) is 0 Å². The van der Waals surface area contributed by atoms with Gasteiger partial charge in [-0.05, 0) is 26.7 Å². The SMILES string of the molecule is CC(C)OCCN(C)C(=O)NCC1(C(=O)O)CCC1. The lowest BCUT2D eigenvalue weighted by atomic mass is 9.69. The van der Waals surface area contributed by atoms with Gasteiger partial charge >= 0.3 is 12.0 Å². The number of aliphatic carboxylic acids is 1. The summed E-state index contributed by atoms with van der Waals surface area (Å²) in [5, 5.41) is 11.8. The number of carbonyl (C=O) groups is 2. The number of carboxylic acids is 1. The molecule has 0 heterocycles. The van der Waals surface area contributed by atoms with Crippen LogP contribution in [0.4, 0.5) is 4.79 Å². The predicted octanol–water partition coefficient (Wildman–Crippen LogP) is 1.31. The molecule has 0 aromatic heterocycles. The van der Waals surface area contributed by atoms with Crippen LogP contribution in [0.1, 0.15) is 33.1 Å². The van der Waals surface area contributed by atoms with Crippen LogP contribution in [-0.2, 0) is 9.53 Å². The van der Waals surface area contributed by atoms with Crippen molar-refractivity contribution < 1.29 is 19.4 Å². The maximum Gasteiger partial charge on any atom is 0.317 e. The van der Waals surface area contributed by atoms with E-state index in [1.165, 1.54) is 4.90 Å². The summed E-state index contributed by atoms with van der Waals surface area (Å²) in [4.78, 5) is 24.5. The molecule has 2 N–H and O–H groups in total. The van der Waals surface area contributed by atoms with Crippen LogP contribution in [-0.4, -0.2) is 54.9 Å². The maximum absolute atomic E-state index is 11.8. The van der Waals surface area contributed by atoms with E-state index in [1.807, 2.05) is 13.8 Å². The number of likely N-dealkylation sites (N-methyl/N-ethyl adjacent to an activating group) is 1. The van der Waals surface area contributed by atoms with E-state index in [-0.39, 0.29) is 18.7 Å². The molecule has 0 unspecified atom stereocenters. The molecule has 0 aromatic rings. The van der Waals surface area contributed by atoms with E-state index in [2.05, 4.69) is 5.32 Å². The van der Waals surface area contributed by atoms with Crippen LogP contribution < -0.4 is 5.32 Å². The minimum Gasteiger partial charge on any atom is -0.481 e. The Morgan fingerprint density at radius 2 is 2.05 bits per heavy atom. The van der Waals surface area contributed by atoms with Gasteiger partial charge in [-0.2, -0.15) is 0 Å². The third-order valence-corrected chi connectivity index (χ3v) is 3.57. The number of carbonyl (C=O) groups excluding carboxylic acids is 1. The molecule has 6 nitrogen and oxygen atoms in total. The van der Waals surface area contributed by atoms with Crippen LogP contribution in [0.2, 0.25) is 0 Å². The molecule has 110 valence electrons. The van der Waals surface area contributed by atoms with Crippen molar-refractivity contribution >= 4 is 12.0 Å². The van der Waals surface area contributed by atoms with E-state index in [1.54, 1.807) is 7.05 Å². The van der Waals surface area contributed by atoms with Crippen LogP contribution in [0.25, 0.3) is 0 Å². The number of nitrogens with one attached hydrogen (secondary N) is 1. The van der Waals surface area contributed by atoms with Crippen molar-refractivity contribution in [3.8, 4) is 0 Å². The zero-order valence-electron chi connectivity index (χ0n) is 11.9. The fraction of sp³-hybridized carbons (Fsp3) is 0.846. The second-order valence-corrected chi connectivity index (χ2v) is 5.44. The third-order valence-electron chi connectivity index (χ3n) is 3.57. The molecule has 0 spiro atoms. The third kappa shape index (κ3) is 4.38. The monoisotopic (exact) mass is 272 g/mol. The van der Waals surface area contributed by atoms with Crippen LogP contribution in [0.5, 0.6) is 0 Å². The Morgan fingerprint density at radius 3 is 2.47 bits per heavy atom. The van der Waals surface area contributed by atoms with Gasteiger partial charge in [0.25, 0.3) is 0 Å². The first kappa shape index (κ1) is 15.8. The highest BCUT2D eigenvalue weighted by Gasteiger charge is 2.44. The van der Waals surface area contributed by atoms with Crippen LogP contribution in [0.3, 0.4) is 0 Å². The zero-order valence-corrected chi connectivity index (χ0v) is 11.9. The van der Waals surface area contributed by atoms with Crippen molar-refractivity contribution in [2.24, 2.45) is 5.41 Å². The Balaban J connectivity index is 2.28. The number of ether oxygens (including phenoxy) is 1. The smallest absolute Gasteiger partial charge is 0.317 e. The molecule has 6 heteroatoms. The first-order valence-electron chi connectivity index (χ1n) is 6.71. The highest BCUT2D eigenvalue weighted by molar-refractivity contribution is 5.78. The number of amides is 2. The van der Waals surface area contributed by atoms with Gasteiger partial charge in [0.1, 0.15) is 0 Å². The highest BCUT2D eigenvalue weighted by atomic mass is 16.5. The summed E-state index contributed by atoms with van der Waals surface area (Å²) in [5.74, 6) is -0.815. The zero-order chi connectivity index (χ0) is 14.5. The maximum atomic E-state index is 11.8. The van der Waals surface area contributed by atoms with Crippen molar-refractivity contribution in [3.05, 3.63) is 0 Å². The molecule has 1 rings (SSSR count). The molecule has 1 saturated carbocycles. The first-order chi connectivity index (χ1) is 8.87. The van der Waals surface area contributed by atoms with Gasteiger partial charge in [-0.15, -0.1) is 0 Å². The van der Waals surface area contributed by atoms with Gasteiger partial charge in [-0.3, -0.25) is 4.79 Å². The Morgan fingerprint density at radius 1 is 1.42 bits per heavy atom. The summed E-state index contributed by atoms with van der Waals surface area (Å²) in [6.45, 7) is 5.05. The number of nitrogens with zero attached hydrogens (tertiary/aromatic N) is 1. The van der Waals surface area contributed by atoms with E-state index in [9.17, 15) is 9.59 Å². The molecule has 0 bridgehead atoms. The highest BCUT2D eigenvalue weighted by Crippen LogP contribution is 2.40. The number of rotatable bonds is 7. The van der Waals surface area contributed by atoms with Crippen molar-refractivity contribution in [1.82, 2.24) is 10.2 Å². The summed E-state index contributed by atoms with van der Waals surface area (Å²) < 4.78 is 5.36. The normalized spacial score (nSPS) is 16.8. The number of urea groups is 1. The van der Waals surface area contributed by atoms with Gasteiger partial charge in [0.2, 0.25) is 0 Å². The minimum absolute atomic E-state index is 0.140. The van der Waals surface area contributed by atoms with Gasteiger partial charge in [0.15, 0.2) is 0 Å². The lowest BCUT2D eigenvalue weighted by Gasteiger charge is -2.37. The summed E-state index contributed by atoms with van der Waals surface area (Å²) in [6.07, 6.45) is 2.34. The molecule has 1 aliphatic carbocycles. The average molecular weight is 272 g/mol. The minimum atomic E-state index is -0.815. The number of hydrogen-bond donors (Lipinski definition) is 2. The molecule has 0 saturated heterocycles. The summed E-state index contributed by atoms with van der Waals surface area (Å²) >= 11 is 0. The second kappa shape index (κ2) is 6.75. The van der Waals surface area contributed by atoms with E-state index in [0.29, 0.717) is 26.0 Å². The van der Waals surface area contributed by atoms with E-state index < -0.39 is 11.4 Å². The fourth-order valence-electron chi connectivity index (χ4n) is 1.98. The van der Waals surface area contributed by atoms with Crippen LogP contribution in [0.15, 0.2) is 0 Å². The molecule has 0 radical (unpaired) electrons. The molecule has 19 heavy (non-hydrogen) atoms. The molecule has 2 amide bonds. The topological polar surface area (TPSA) is 78.9 Å². The average Bonchev–Trinajstić information content (AvgIpc) is 2.25. The van der Waals surface area contributed by atoms with Crippen LogP contribution >= 0.6 is 0 Å². The molecule has 0 atom stereocenters. The lowest BCUT2D eigenvalue weighted by Crippen LogP contribution is -2.50. The Kier molecular flexibility index (Phi) is 5.60. The standard InChI is InChI=1S/C13H24N2O4/c1-10(2)19-8-7-15(3)12(18)14-9-13(11(16)17)5-4-6-13/h10H,4-9H2,1-3H3,(H,14,18)(H,16,17). The van der Waals surface area contributed by atoms with E-state index >= 15 is 0 Å². The first-order valence-corrected chi connectivity index (χ1v) is 6.71. The molecular weight excluding hydrogens is 248 g/mol. The van der Waals surface area contributed by atoms with Gasteiger partial charge < -0.3 is 20.1 Å². The van der Waals surface area contributed by atoms with Gasteiger partial charge in [0.05, 0.1) is 18.1 Å². The Bertz CT molecular complexity index is 327. The summed E-state index contributed by atoms with van der Waals surface area (Å²) in [7, 11) is 1.67. The number of carboxylic acid groups (broad SMARTS) is 1. The van der Waals surface area contributed by atoms with Crippen molar-refractivity contribution in [2.45, 2.75) is 39.2 Å². The Hall–Kier alpha value is -1.30. The van der Waals surface area contributed by atoms with Gasteiger partial charge in [-0.25, -0.2) is 4.79 Å². The predicted molar refractivity (Wildman–Crippen MR) is 71.0 cm³/mol. The molecule has 0 aliphatic heterocycles. The molecular formula is C13H24N2O4. The van der Waals surface area contributed by atoms with E-state index in [0.717, 1.165) is 6.42 Å². The van der Waals surface area contributed by atoms with E-state index in [4.69, 9.17) is 9.84 Å². The van der Waals surface area contributed by atoms with Gasteiger partial charge in [0, 0.05) is 20.1 Å². The fourth-order valence-corrected chi connectivity index (χ4v) is 1.98. The van der Waals surface area contributed by atoms with Crippen molar-refractivity contribution in [3.63, 3.8) is 0 Å². The van der Waals surface area contributed by atoms with Crippen molar-refractivity contribution in [2.75, 3.05) is 26.7 Å². The summed E-state index contributed by atoms with van der Waals surface area (Å²) in [5.41, 5.74) is -0.745. The second-order valence-electron chi connectivity index (χ2n) is 5.44.